The molecule has 0 radical (unpaired) electrons. The zero-order valence-corrected chi connectivity index (χ0v) is 15.0. The number of nitrogens with one attached hydrogen (secondary N) is 1. The van der Waals surface area contributed by atoms with E-state index in [-0.39, 0.29) is 5.91 Å². The maximum atomic E-state index is 12.1. The highest BCUT2D eigenvalue weighted by Crippen LogP contribution is 2.33. The van der Waals surface area contributed by atoms with Gasteiger partial charge in [-0.05, 0) is 39.2 Å². The van der Waals surface area contributed by atoms with Gasteiger partial charge in [-0.25, -0.2) is 4.98 Å². The van der Waals surface area contributed by atoms with Gasteiger partial charge in [-0.15, -0.1) is 11.3 Å². The molecular formula is C16H20ClN3O2S. The molecule has 7 heteroatoms. The monoisotopic (exact) mass is 353 g/mol. The van der Waals surface area contributed by atoms with Crippen molar-refractivity contribution in [2.75, 3.05) is 33.8 Å². The maximum absolute atomic E-state index is 12.1. The number of nitrogens with zero attached hydrogens (tertiary/aromatic N) is 2. The van der Waals surface area contributed by atoms with Gasteiger partial charge in [0.05, 0.1) is 11.6 Å². The number of likely N-dealkylation sites (N-methyl/N-ethyl adjacent to an activating group) is 1. The standard InChI is InChI=1S/C16H20ClN3O2S/c1-4-22-11-5-6-12(13(17)9-11)16-19-14(10-23-16)15(21)18-7-8-20(2)3/h5-6,9-10H,4,7-8H2,1-3H3,(H,18,21). The summed E-state index contributed by atoms with van der Waals surface area (Å²) in [6, 6.07) is 5.47. The van der Waals surface area contributed by atoms with Crippen LogP contribution in [0.5, 0.6) is 5.75 Å². The van der Waals surface area contributed by atoms with Crippen molar-refractivity contribution in [3.63, 3.8) is 0 Å². The summed E-state index contributed by atoms with van der Waals surface area (Å²) in [6.45, 7) is 3.88. The van der Waals surface area contributed by atoms with Gasteiger partial charge in [-0.3, -0.25) is 4.79 Å². The number of carbonyl (C=O) groups excluding carboxylic acids is 1. The smallest absolute Gasteiger partial charge is 0.270 e. The van der Waals surface area contributed by atoms with E-state index in [1.54, 1.807) is 11.4 Å². The van der Waals surface area contributed by atoms with E-state index in [0.29, 0.717) is 23.9 Å². The molecule has 0 unspecified atom stereocenters. The molecular weight excluding hydrogens is 334 g/mol. The number of halogens is 1. The average molecular weight is 354 g/mol. The molecule has 0 bridgehead atoms. The lowest BCUT2D eigenvalue weighted by molar-refractivity contribution is 0.0947. The van der Waals surface area contributed by atoms with Crippen LogP contribution >= 0.6 is 22.9 Å². The van der Waals surface area contributed by atoms with E-state index < -0.39 is 0 Å². The Kier molecular flexibility index (Phi) is 6.38. The van der Waals surface area contributed by atoms with Crippen molar-refractivity contribution in [1.29, 1.82) is 0 Å². The molecule has 0 aliphatic rings. The van der Waals surface area contributed by atoms with Crippen LogP contribution < -0.4 is 10.1 Å². The van der Waals surface area contributed by atoms with Gasteiger partial charge >= 0.3 is 0 Å². The highest BCUT2D eigenvalue weighted by molar-refractivity contribution is 7.13. The average Bonchev–Trinajstić information content (AvgIpc) is 2.97. The Morgan fingerprint density at radius 3 is 2.87 bits per heavy atom. The van der Waals surface area contributed by atoms with Gasteiger partial charge in [0, 0.05) is 24.0 Å². The van der Waals surface area contributed by atoms with Crippen LogP contribution in [0.3, 0.4) is 0 Å². The minimum atomic E-state index is -0.170. The van der Waals surface area contributed by atoms with Gasteiger partial charge in [-0.2, -0.15) is 0 Å². The predicted molar refractivity (Wildman–Crippen MR) is 94.6 cm³/mol. The zero-order valence-electron chi connectivity index (χ0n) is 13.4. The highest BCUT2D eigenvalue weighted by atomic mass is 35.5. The summed E-state index contributed by atoms with van der Waals surface area (Å²) in [5, 5.41) is 5.87. The summed E-state index contributed by atoms with van der Waals surface area (Å²) in [5.41, 5.74) is 1.21. The fraction of sp³-hybridized carbons (Fsp3) is 0.375. The normalized spacial score (nSPS) is 10.8. The van der Waals surface area contributed by atoms with Crippen molar-refractivity contribution in [2.45, 2.75) is 6.92 Å². The molecule has 1 aromatic carbocycles. The van der Waals surface area contributed by atoms with Gasteiger partial charge in [0.25, 0.3) is 5.91 Å². The number of aromatic nitrogens is 1. The fourth-order valence-corrected chi connectivity index (χ4v) is 3.07. The van der Waals surface area contributed by atoms with E-state index in [0.717, 1.165) is 22.9 Å². The van der Waals surface area contributed by atoms with Gasteiger partial charge in [0.15, 0.2) is 0 Å². The number of rotatable bonds is 7. The molecule has 0 saturated carbocycles. The van der Waals surface area contributed by atoms with Gasteiger partial charge < -0.3 is 15.0 Å². The minimum Gasteiger partial charge on any atom is -0.494 e. The molecule has 0 aliphatic heterocycles. The Labute approximate surface area is 145 Å². The molecule has 2 aromatic rings. The summed E-state index contributed by atoms with van der Waals surface area (Å²) in [6.07, 6.45) is 0. The largest absolute Gasteiger partial charge is 0.494 e. The van der Waals surface area contributed by atoms with Crippen molar-refractivity contribution in [3.05, 3.63) is 34.3 Å². The van der Waals surface area contributed by atoms with Gasteiger partial charge in [0.1, 0.15) is 16.5 Å². The SMILES string of the molecule is CCOc1ccc(-c2nc(C(=O)NCCN(C)C)cs2)c(Cl)c1. The molecule has 124 valence electrons. The summed E-state index contributed by atoms with van der Waals surface area (Å²) in [7, 11) is 3.92. The van der Waals surface area contributed by atoms with Crippen molar-refractivity contribution < 1.29 is 9.53 Å². The van der Waals surface area contributed by atoms with Crippen LogP contribution in [0, 0.1) is 0 Å². The van der Waals surface area contributed by atoms with Crippen molar-refractivity contribution in [1.82, 2.24) is 15.2 Å². The quantitative estimate of drug-likeness (QED) is 0.830. The van der Waals surface area contributed by atoms with Crippen LogP contribution in [-0.2, 0) is 0 Å². The molecule has 0 saturated heterocycles. The zero-order chi connectivity index (χ0) is 16.8. The molecule has 0 atom stereocenters. The van der Waals surface area contributed by atoms with Crippen LogP contribution in [0.4, 0.5) is 0 Å². The second-order valence-corrected chi connectivity index (χ2v) is 6.44. The Balaban J connectivity index is 2.08. The molecule has 1 aromatic heterocycles. The molecule has 1 heterocycles. The lowest BCUT2D eigenvalue weighted by Crippen LogP contribution is -2.31. The van der Waals surface area contributed by atoms with E-state index in [4.69, 9.17) is 16.3 Å². The number of benzene rings is 1. The summed E-state index contributed by atoms with van der Waals surface area (Å²) < 4.78 is 5.42. The van der Waals surface area contributed by atoms with E-state index in [1.165, 1.54) is 11.3 Å². The van der Waals surface area contributed by atoms with Crippen LogP contribution in [0.1, 0.15) is 17.4 Å². The predicted octanol–water partition coefficient (Wildman–Crippen LogP) is 3.15. The Hall–Kier alpha value is -1.63. The van der Waals surface area contributed by atoms with E-state index in [9.17, 15) is 4.79 Å². The topological polar surface area (TPSA) is 54.5 Å². The molecule has 2 rings (SSSR count). The third-order valence-corrected chi connectivity index (χ3v) is 4.25. The molecule has 0 aliphatic carbocycles. The molecule has 0 spiro atoms. The number of ether oxygens (including phenoxy) is 1. The minimum absolute atomic E-state index is 0.170. The van der Waals surface area contributed by atoms with Crippen molar-refractivity contribution >= 4 is 28.8 Å². The van der Waals surface area contributed by atoms with Crippen LogP contribution in [0.2, 0.25) is 5.02 Å². The third-order valence-electron chi connectivity index (χ3n) is 3.06. The molecule has 5 nitrogen and oxygen atoms in total. The van der Waals surface area contributed by atoms with E-state index >= 15 is 0 Å². The molecule has 0 fully saturated rings. The first-order valence-corrected chi connectivity index (χ1v) is 8.58. The van der Waals surface area contributed by atoms with E-state index in [1.807, 2.05) is 38.1 Å². The maximum Gasteiger partial charge on any atom is 0.270 e. The van der Waals surface area contributed by atoms with Crippen LogP contribution in [0.15, 0.2) is 23.6 Å². The second-order valence-electron chi connectivity index (χ2n) is 5.17. The first-order valence-electron chi connectivity index (χ1n) is 7.32. The Morgan fingerprint density at radius 1 is 1.43 bits per heavy atom. The van der Waals surface area contributed by atoms with E-state index in [2.05, 4.69) is 10.3 Å². The first-order chi connectivity index (χ1) is 11.0. The second kappa shape index (κ2) is 8.29. The van der Waals surface area contributed by atoms with Gasteiger partial charge in [-0.1, -0.05) is 11.6 Å². The molecule has 1 amide bonds. The Morgan fingerprint density at radius 2 is 2.22 bits per heavy atom. The lowest BCUT2D eigenvalue weighted by atomic mass is 10.2. The lowest BCUT2D eigenvalue weighted by Gasteiger charge is -2.09. The summed E-state index contributed by atoms with van der Waals surface area (Å²) in [4.78, 5) is 18.4. The Bertz CT molecular complexity index is 673. The number of carbonyl (C=O) groups is 1. The van der Waals surface area contributed by atoms with Crippen LogP contribution in [-0.4, -0.2) is 49.6 Å². The number of hydrogen-bond donors (Lipinski definition) is 1. The summed E-state index contributed by atoms with van der Waals surface area (Å²) in [5.74, 6) is 0.552. The highest BCUT2D eigenvalue weighted by Gasteiger charge is 2.14. The summed E-state index contributed by atoms with van der Waals surface area (Å²) >= 11 is 7.68. The first kappa shape index (κ1) is 17.7. The fourth-order valence-electron chi connectivity index (χ4n) is 1.91. The number of thiazole rings is 1. The van der Waals surface area contributed by atoms with Crippen LogP contribution in [0.25, 0.3) is 10.6 Å². The molecule has 1 N–H and O–H groups in total. The molecule has 23 heavy (non-hydrogen) atoms. The van der Waals surface area contributed by atoms with Crippen molar-refractivity contribution in [2.24, 2.45) is 0 Å². The number of hydrogen-bond acceptors (Lipinski definition) is 5. The van der Waals surface area contributed by atoms with Crippen molar-refractivity contribution in [3.8, 4) is 16.3 Å². The third kappa shape index (κ3) is 4.92. The number of amides is 1. The van der Waals surface area contributed by atoms with Gasteiger partial charge in [0.2, 0.25) is 0 Å².